The molecule has 1 unspecified atom stereocenters. The molecule has 2 aliphatic carbocycles. The lowest BCUT2D eigenvalue weighted by Crippen LogP contribution is -2.60. The molecule has 0 saturated heterocycles. The normalized spacial score (nSPS) is 18.5. The second kappa shape index (κ2) is 5.73. The second-order valence-corrected chi connectivity index (χ2v) is 9.99. The first-order valence-electron chi connectivity index (χ1n) is 11.4. The lowest BCUT2D eigenvalue weighted by molar-refractivity contribution is -0.757. The minimum atomic E-state index is -0.0486. The number of hydrogen-bond donors (Lipinski definition) is 0. The maximum atomic E-state index is 2.56. The number of rotatable bonds is 0. The summed E-state index contributed by atoms with van der Waals surface area (Å²) in [4.78, 5) is 0. The zero-order valence-corrected chi connectivity index (χ0v) is 18.4. The standard InChI is InChI=1S/C30H26N/c1-18-8-6-12-24-27-23-14-13-22-21-11-5-4-9-19(21)16-25(22)26(23)17-20-10-7-15-31(29(20)27)30(2,3)28(18)24/h4-15,27H,16-17H2,1-3H3/q+1. The topological polar surface area (TPSA) is 3.88 Å². The van der Waals surface area contributed by atoms with Gasteiger partial charge in [-0.25, -0.2) is 0 Å². The molecule has 1 heteroatoms. The third-order valence-corrected chi connectivity index (χ3v) is 8.05. The van der Waals surface area contributed by atoms with Crippen LogP contribution in [0.5, 0.6) is 0 Å². The molecule has 0 saturated carbocycles. The summed E-state index contributed by atoms with van der Waals surface area (Å²) in [5.74, 6) is 0.317. The lowest BCUT2D eigenvalue weighted by Gasteiger charge is -2.39. The number of hydrogen-bond acceptors (Lipinski definition) is 0. The van der Waals surface area contributed by atoms with Gasteiger partial charge < -0.3 is 0 Å². The van der Waals surface area contributed by atoms with Gasteiger partial charge in [0.15, 0.2) is 17.4 Å². The summed E-state index contributed by atoms with van der Waals surface area (Å²) in [6, 6.07) is 25.3. The van der Waals surface area contributed by atoms with Crippen molar-refractivity contribution in [3.63, 3.8) is 0 Å². The number of fused-ring (bicyclic) bond motifs is 8. The zero-order chi connectivity index (χ0) is 20.9. The van der Waals surface area contributed by atoms with Crippen molar-refractivity contribution in [2.45, 2.75) is 45.1 Å². The van der Waals surface area contributed by atoms with Crippen LogP contribution in [0.4, 0.5) is 0 Å². The molecule has 150 valence electrons. The molecule has 3 aliphatic rings. The van der Waals surface area contributed by atoms with Gasteiger partial charge in [-0.15, -0.1) is 0 Å². The second-order valence-electron chi connectivity index (χ2n) is 9.99. The Labute approximate surface area is 184 Å². The van der Waals surface area contributed by atoms with Crippen LogP contribution in [0.3, 0.4) is 0 Å². The fourth-order valence-corrected chi connectivity index (χ4v) is 6.84. The van der Waals surface area contributed by atoms with E-state index in [0.717, 1.165) is 12.8 Å². The van der Waals surface area contributed by atoms with Crippen molar-refractivity contribution in [1.82, 2.24) is 0 Å². The van der Waals surface area contributed by atoms with E-state index in [1.54, 1.807) is 11.1 Å². The van der Waals surface area contributed by atoms with Gasteiger partial charge in [-0.05, 0) is 63.9 Å². The van der Waals surface area contributed by atoms with E-state index in [4.69, 9.17) is 0 Å². The van der Waals surface area contributed by atoms with Crippen molar-refractivity contribution in [2.24, 2.45) is 0 Å². The molecule has 1 aromatic heterocycles. The molecule has 0 fully saturated rings. The van der Waals surface area contributed by atoms with Crippen molar-refractivity contribution in [1.29, 1.82) is 0 Å². The van der Waals surface area contributed by atoms with Crippen molar-refractivity contribution in [3.8, 4) is 11.1 Å². The molecular formula is C30H26N+. The Bertz CT molecular complexity index is 1420. The van der Waals surface area contributed by atoms with E-state index in [1.165, 1.54) is 50.2 Å². The van der Waals surface area contributed by atoms with Crippen LogP contribution in [0.2, 0.25) is 0 Å². The van der Waals surface area contributed by atoms with E-state index in [2.05, 4.69) is 98.3 Å². The summed E-state index contributed by atoms with van der Waals surface area (Å²) in [5.41, 5.74) is 16.3. The van der Waals surface area contributed by atoms with Crippen molar-refractivity contribution in [3.05, 3.63) is 123 Å². The van der Waals surface area contributed by atoms with Gasteiger partial charge in [-0.1, -0.05) is 54.6 Å². The Morgan fingerprint density at radius 1 is 0.742 bits per heavy atom. The average Bonchev–Trinajstić information content (AvgIpc) is 3.15. The van der Waals surface area contributed by atoms with Gasteiger partial charge in [-0.2, -0.15) is 4.57 Å². The summed E-state index contributed by atoms with van der Waals surface area (Å²) in [6.07, 6.45) is 4.40. The molecule has 1 nitrogen and oxygen atoms in total. The SMILES string of the molecule is Cc1cccc2c1C(C)(C)[n+]1cccc3c1C2c1ccc2c(c1C3)Cc1ccccc1-2. The summed E-state index contributed by atoms with van der Waals surface area (Å²) < 4.78 is 2.56. The predicted octanol–water partition coefficient (Wildman–Crippen LogP) is 6.03. The van der Waals surface area contributed by atoms with Crippen LogP contribution in [0.15, 0.2) is 72.9 Å². The first-order chi connectivity index (χ1) is 15.1. The van der Waals surface area contributed by atoms with E-state index < -0.39 is 0 Å². The molecule has 1 atom stereocenters. The Morgan fingerprint density at radius 3 is 2.45 bits per heavy atom. The number of aryl methyl sites for hydroxylation is 1. The van der Waals surface area contributed by atoms with Crippen LogP contribution in [0, 0.1) is 6.92 Å². The van der Waals surface area contributed by atoms with Gasteiger partial charge in [0.05, 0.1) is 5.92 Å². The van der Waals surface area contributed by atoms with E-state index in [0.29, 0.717) is 5.92 Å². The fraction of sp³-hybridized carbons (Fsp3) is 0.233. The van der Waals surface area contributed by atoms with Gasteiger partial charge >= 0.3 is 0 Å². The fourth-order valence-electron chi connectivity index (χ4n) is 6.84. The molecule has 0 radical (unpaired) electrons. The van der Waals surface area contributed by atoms with Gasteiger partial charge in [-0.3, -0.25) is 0 Å². The van der Waals surface area contributed by atoms with Crippen molar-refractivity contribution < 1.29 is 4.57 Å². The Hall–Kier alpha value is -3.19. The predicted molar refractivity (Wildman–Crippen MR) is 125 cm³/mol. The molecule has 1 aliphatic heterocycles. The van der Waals surface area contributed by atoms with Crippen LogP contribution >= 0.6 is 0 Å². The van der Waals surface area contributed by atoms with Crippen LogP contribution < -0.4 is 4.57 Å². The number of benzene rings is 3. The van der Waals surface area contributed by atoms with Crippen LogP contribution in [-0.4, -0.2) is 0 Å². The van der Waals surface area contributed by atoms with Crippen molar-refractivity contribution >= 4 is 0 Å². The van der Waals surface area contributed by atoms with Crippen LogP contribution in [0.1, 0.15) is 70.0 Å². The Balaban J connectivity index is 1.55. The zero-order valence-electron chi connectivity index (χ0n) is 18.4. The number of pyridine rings is 1. The summed E-state index contributed by atoms with van der Waals surface area (Å²) >= 11 is 0. The first kappa shape index (κ1) is 17.5. The third-order valence-electron chi connectivity index (χ3n) is 8.05. The minimum Gasteiger partial charge on any atom is -0.192 e. The van der Waals surface area contributed by atoms with Gasteiger partial charge in [0.2, 0.25) is 0 Å². The minimum absolute atomic E-state index is 0.0486. The summed E-state index contributed by atoms with van der Waals surface area (Å²) in [6.45, 7) is 7.04. The molecule has 0 amide bonds. The molecule has 0 N–H and O–H groups in total. The summed E-state index contributed by atoms with van der Waals surface area (Å²) in [7, 11) is 0. The Morgan fingerprint density at radius 2 is 1.55 bits per heavy atom. The molecule has 0 spiro atoms. The average molecular weight is 401 g/mol. The summed E-state index contributed by atoms with van der Waals surface area (Å²) in [5, 5.41) is 0. The maximum absolute atomic E-state index is 2.56. The smallest absolute Gasteiger partial charge is 0.192 e. The molecule has 7 rings (SSSR count). The van der Waals surface area contributed by atoms with Gasteiger partial charge in [0.1, 0.15) is 0 Å². The van der Waals surface area contributed by atoms with E-state index in [1.807, 2.05) is 0 Å². The highest BCUT2D eigenvalue weighted by molar-refractivity contribution is 5.79. The highest BCUT2D eigenvalue weighted by Gasteiger charge is 2.49. The first-order valence-corrected chi connectivity index (χ1v) is 11.4. The highest BCUT2D eigenvalue weighted by Crippen LogP contribution is 2.50. The molecule has 4 aromatic rings. The van der Waals surface area contributed by atoms with Crippen LogP contribution in [-0.2, 0) is 18.4 Å². The van der Waals surface area contributed by atoms with Gasteiger partial charge in [0.25, 0.3) is 0 Å². The van der Waals surface area contributed by atoms with E-state index in [9.17, 15) is 0 Å². The van der Waals surface area contributed by atoms with E-state index in [-0.39, 0.29) is 5.54 Å². The number of aromatic nitrogens is 1. The Kier molecular flexibility index (Phi) is 3.23. The van der Waals surface area contributed by atoms with E-state index >= 15 is 0 Å². The largest absolute Gasteiger partial charge is 0.197 e. The van der Waals surface area contributed by atoms with Gasteiger partial charge in [0, 0.05) is 37.5 Å². The third kappa shape index (κ3) is 2.09. The number of nitrogens with zero attached hydrogens (tertiary/aromatic N) is 1. The van der Waals surface area contributed by atoms with Crippen molar-refractivity contribution in [2.75, 3.05) is 0 Å². The molecule has 2 heterocycles. The highest BCUT2D eigenvalue weighted by atomic mass is 15.1. The quantitative estimate of drug-likeness (QED) is 0.274. The molecular weight excluding hydrogens is 374 g/mol. The molecule has 3 aromatic carbocycles. The lowest BCUT2D eigenvalue weighted by atomic mass is 9.68. The molecule has 0 bridgehead atoms. The maximum Gasteiger partial charge on any atom is 0.197 e. The monoisotopic (exact) mass is 400 g/mol. The van der Waals surface area contributed by atoms with Crippen LogP contribution in [0.25, 0.3) is 11.1 Å². The molecule has 31 heavy (non-hydrogen) atoms.